The summed E-state index contributed by atoms with van der Waals surface area (Å²) >= 11 is 0. The van der Waals surface area contributed by atoms with Crippen LogP contribution in [0.25, 0.3) is 77.6 Å². The van der Waals surface area contributed by atoms with E-state index >= 15 is 0 Å². The topological polar surface area (TPSA) is 70.4 Å². The van der Waals surface area contributed by atoms with Crippen molar-refractivity contribution in [2.45, 2.75) is 84.5 Å². The van der Waals surface area contributed by atoms with Crippen LogP contribution in [0.3, 0.4) is 0 Å². The van der Waals surface area contributed by atoms with Crippen molar-refractivity contribution >= 4 is 60.7 Å². The number of para-hydroxylation sites is 2. The van der Waals surface area contributed by atoms with Crippen molar-refractivity contribution in [2.75, 3.05) is 0 Å². The Kier molecular flexibility index (Phi) is 8.90. The first-order valence-corrected chi connectivity index (χ1v) is 21.8. The molecule has 5 aromatic heterocycles. The van der Waals surface area contributed by atoms with Crippen LogP contribution in [-0.4, -0.2) is 23.9 Å². The fraction of sp³-hybridized carbons (Fsp3) is 0.278. The number of hydrogen-bond donors (Lipinski definition) is 0. The van der Waals surface area contributed by atoms with Crippen LogP contribution in [0.2, 0.25) is 0 Å². The van der Waals surface area contributed by atoms with E-state index in [-0.39, 0.29) is 31.9 Å². The molecular formula is C54H47N5O2Pt. The third-order valence-electron chi connectivity index (χ3n) is 14.5. The Labute approximate surface area is 375 Å². The Bertz CT molecular complexity index is 3440. The van der Waals surface area contributed by atoms with Gasteiger partial charge in [0, 0.05) is 28.8 Å². The van der Waals surface area contributed by atoms with Crippen LogP contribution < -0.4 is 4.74 Å². The molecule has 5 heterocycles. The molecule has 1 fully saturated rings. The molecule has 0 bridgehead atoms. The molecule has 10 aromatic rings. The van der Waals surface area contributed by atoms with Gasteiger partial charge < -0.3 is 14.1 Å². The Morgan fingerprint density at radius 1 is 0.742 bits per heavy atom. The average Bonchev–Trinajstić information content (AvgIpc) is 3.96. The number of imidazole rings is 2. The summed E-state index contributed by atoms with van der Waals surface area (Å²) in [5, 5.41) is 4.17. The second-order valence-electron chi connectivity index (χ2n) is 18.8. The van der Waals surface area contributed by atoms with Crippen molar-refractivity contribution < 1.29 is 30.2 Å². The number of hydrogen-bond acceptors (Lipinski definition) is 5. The van der Waals surface area contributed by atoms with Crippen LogP contribution in [0.1, 0.15) is 82.1 Å². The molecule has 62 heavy (non-hydrogen) atoms. The molecule has 0 saturated heterocycles. The first kappa shape index (κ1) is 39.1. The van der Waals surface area contributed by atoms with Crippen LogP contribution in [0.4, 0.5) is 0 Å². The second kappa shape index (κ2) is 14.1. The van der Waals surface area contributed by atoms with Gasteiger partial charge in [0.15, 0.2) is 5.65 Å². The van der Waals surface area contributed by atoms with Crippen molar-refractivity contribution in [1.29, 1.82) is 0 Å². The van der Waals surface area contributed by atoms with Gasteiger partial charge in [0.1, 0.15) is 5.58 Å². The molecular weight excluding hydrogens is 946 g/mol. The van der Waals surface area contributed by atoms with E-state index in [1.807, 2.05) is 36.4 Å². The number of ether oxygens (including phenoxy) is 1. The van der Waals surface area contributed by atoms with E-state index < -0.39 is 0 Å². The van der Waals surface area contributed by atoms with Gasteiger partial charge in [0.25, 0.3) is 0 Å². The number of pyridine rings is 2. The van der Waals surface area contributed by atoms with Gasteiger partial charge in [-0.15, -0.1) is 6.07 Å². The van der Waals surface area contributed by atoms with E-state index in [1.165, 1.54) is 54.4 Å². The van der Waals surface area contributed by atoms with Crippen LogP contribution in [0.15, 0.2) is 108 Å². The number of furan rings is 1. The quantitative estimate of drug-likeness (QED) is 0.161. The SMILES string of the molecule is Cc1c[c-]c(-n2c3nc(Oc4[c-]c(-c5cc6c(cn5)C(C)(C)C(C5CCCCC5)C6(C)C)c5oc6c7ccccc7ccc6c5c4)ccc3n3c4ccccc4nc23)cc1C.[Pt+2]. The van der Waals surface area contributed by atoms with Crippen LogP contribution in [0, 0.1) is 37.8 Å². The third kappa shape index (κ3) is 5.69. The first-order chi connectivity index (χ1) is 29.6. The maximum absolute atomic E-state index is 6.93. The fourth-order valence-electron chi connectivity index (χ4n) is 11.7. The summed E-state index contributed by atoms with van der Waals surface area (Å²) in [4.78, 5) is 15.6. The van der Waals surface area contributed by atoms with E-state index in [0.717, 1.165) is 77.6 Å². The van der Waals surface area contributed by atoms with Crippen molar-refractivity contribution in [3.05, 3.63) is 138 Å². The molecule has 8 heteroatoms. The number of aryl methyl sites for hydroxylation is 2. The summed E-state index contributed by atoms with van der Waals surface area (Å²) in [7, 11) is 0. The molecule has 2 aliphatic carbocycles. The Morgan fingerprint density at radius 2 is 1.53 bits per heavy atom. The number of aromatic nitrogens is 5. The van der Waals surface area contributed by atoms with Gasteiger partial charge in [-0.2, -0.15) is 28.2 Å². The van der Waals surface area contributed by atoms with Gasteiger partial charge in [-0.05, 0) is 63.1 Å². The Hall–Kier alpha value is -5.78. The summed E-state index contributed by atoms with van der Waals surface area (Å²) in [6.07, 6.45) is 8.78. The normalized spacial score (nSPS) is 17.4. The molecule has 0 radical (unpaired) electrons. The van der Waals surface area contributed by atoms with Crippen molar-refractivity contribution in [2.24, 2.45) is 11.8 Å². The summed E-state index contributed by atoms with van der Waals surface area (Å²) in [5.41, 5.74) is 12.7. The van der Waals surface area contributed by atoms with Crippen molar-refractivity contribution in [3.63, 3.8) is 0 Å². The summed E-state index contributed by atoms with van der Waals surface area (Å²) in [5.74, 6) is 2.99. The molecule has 1 saturated carbocycles. The van der Waals surface area contributed by atoms with Gasteiger partial charge in [0.2, 0.25) is 11.7 Å². The van der Waals surface area contributed by atoms with E-state index in [0.29, 0.717) is 23.5 Å². The first-order valence-electron chi connectivity index (χ1n) is 21.8. The maximum atomic E-state index is 6.93. The summed E-state index contributed by atoms with van der Waals surface area (Å²) in [6.45, 7) is 14.0. The summed E-state index contributed by atoms with van der Waals surface area (Å²) < 4.78 is 18.0. The number of benzene rings is 5. The van der Waals surface area contributed by atoms with Gasteiger partial charge in [-0.1, -0.05) is 157 Å². The molecule has 1 atom stereocenters. The van der Waals surface area contributed by atoms with E-state index in [9.17, 15) is 0 Å². The number of rotatable bonds is 5. The zero-order valence-electron chi connectivity index (χ0n) is 35.9. The second-order valence-corrected chi connectivity index (χ2v) is 18.8. The minimum Gasteiger partial charge on any atom is -0.500 e. The zero-order chi connectivity index (χ0) is 41.4. The maximum Gasteiger partial charge on any atom is 2.00 e. The van der Waals surface area contributed by atoms with E-state index in [1.54, 1.807) is 0 Å². The van der Waals surface area contributed by atoms with Crippen LogP contribution >= 0.6 is 0 Å². The van der Waals surface area contributed by atoms with Crippen LogP contribution in [0.5, 0.6) is 11.6 Å². The number of nitrogens with zero attached hydrogens (tertiary/aromatic N) is 5. The molecule has 0 spiro atoms. The predicted octanol–water partition coefficient (Wildman–Crippen LogP) is 13.7. The van der Waals surface area contributed by atoms with Gasteiger partial charge in [-0.25, -0.2) is 4.98 Å². The monoisotopic (exact) mass is 992 g/mol. The van der Waals surface area contributed by atoms with Crippen molar-refractivity contribution in [1.82, 2.24) is 23.9 Å². The van der Waals surface area contributed by atoms with E-state index in [4.69, 9.17) is 24.1 Å². The van der Waals surface area contributed by atoms with Gasteiger partial charge in [-0.3, -0.25) is 8.97 Å². The Morgan fingerprint density at radius 3 is 2.37 bits per heavy atom. The molecule has 7 nitrogen and oxygen atoms in total. The van der Waals surface area contributed by atoms with Gasteiger partial charge in [0.05, 0.1) is 22.1 Å². The van der Waals surface area contributed by atoms with Crippen molar-refractivity contribution in [3.8, 4) is 28.6 Å². The largest absolute Gasteiger partial charge is 2.00 e. The fourth-order valence-corrected chi connectivity index (χ4v) is 11.7. The molecule has 5 aromatic carbocycles. The third-order valence-corrected chi connectivity index (χ3v) is 14.5. The standard InChI is InChI=1S/C54H47N5O2.Pt/c1-31-20-22-35(26-32(31)2)58-51-46(59-45-19-13-12-18-43(45)56-52(58)59)24-25-47(57-51)60-36-27-39-38-23-21-33-14-10-11-17-37(33)48(38)61-49(39)40(28-36)44-29-41-42(30-55-44)54(5,6)50(53(41,3)4)34-15-8-7-9-16-34;/h10-14,17-21,23-27,29-30,34,50H,7-9,15-16H2,1-6H3;/q-2;+2. The molecule has 310 valence electrons. The van der Waals surface area contributed by atoms with Crippen LogP contribution in [-0.2, 0) is 31.9 Å². The molecule has 2 aliphatic rings. The average molecular weight is 993 g/mol. The minimum absolute atomic E-state index is 0. The Balaban J connectivity index is 0.00000432. The van der Waals surface area contributed by atoms with E-state index in [2.05, 4.69) is 130 Å². The predicted molar refractivity (Wildman–Crippen MR) is 245 cm³/mol. The molecule has 12 rings (SSSR count). The minimum atomic E-state index is -0.0252. The molecule has 0 N–H and O–H groups in total. The number of fused-ring (bicyclic) bond motifs is 11. The summed E-state index contributed by atoms with van der Waals surface area (Å²) in [6, 6.07) is 40.7. The molecule has 0 aliphatic heterocycles. The molecule has 1 unspecified atom stereocenters. The van der Waals surface area contributed by atoms with Gasteiger partial charge >= 0.3 is 21.1 Å². The smallest absolute Gasteiger partial charge is 0.500 e. The molecule has 0 amide bonds. The zero-order valence-corrected chi connectivity index (χ0v) is 38.1.